The fourth-order valence-corrected chi connectivity index (χ4v) is 3.85. The molecule has 0 atom stereocenters. The van der Waals surface area contributed by atoms with Crippen LogP contribution in [-0.2, 0) is 6.54 Å². The summed E-state index contributed by atoms with van der Waals surface area (Å²) < 4.78 is 21.6. The minimum absolute atomic E-state index is 0.237. The summed E-state index contributed by atoms with van der Waals surface area (Å²) in [6, 6.07) is 22.7. The predicted molar refractivity (Wildman–Crippen MR) is 116 cm³/mol. The molecule has 2 aliphatic rings. The van der Waals surface area contributed by atoms with Gasteiger partial charge in [-0.15, -0.1) is 10.2 Å². The van der Waals surface area contributed by atoms with Crippen LogP contribution < -0.4 is 4.74 Å². The number of halogens is 1. The smallest absolute Gasteiger partial charge is 0.123 e. The van der Waals surface area contributed by atoms with Gasteiger partial charge in [-0.1, -0.05) is 42.5 Å². The van der Waals surface area contributed by atoms with Crippen LogP contribution in [0.4, 0.5) is 4.39 Å². The van der Waals surface area contributed by atoms with E-state index in [9.17, 15) is 4.39 Å². The number of fused-ring (bicyclic) bond motifs is 3. The van der Waals surface area contributed by atoms with E-state index in [0.717, 1.165) is 44.7 Å². The monoisotopic (exact) mass is 397 g/mol. The Kier molecular flexibility index (Phi) is 4.64. The Morgan fingerprint density at radius 3 is 2.53 bits per heavy atom. The van der Waals surface area contributed by atoms with E-state index < -0.39 is 0 Å². The van der Waals surface area contributed by atoms with Gasteiger partial charge in [0.1, 0.15) is 23.0 Å². The minimum atomic E-state index is -0.237. The molecular weight excluding hydrogens is 377 g/mol. The van der Waals surface area contributed by atoms with E-state index in [1.807, 2.05) is 61.5 Å². The molecule has 0 spiro atoms. The van der Waals surface area contributed by atoms with Gasteiger partial charge in [0.2, 0.25) is 0 Å². The Morgan fingerprint density at radius 2 is 1.73 bits per heavy atom. The lowest BCUT2D eigenvalue weighted by molar-refractivity contribution is 0.340. The summed E-state index contributed by atoms with van der Waals surface area (Å²) in [6.07, 6.45) is 2.06. The van der Waals surface area contributed by atoms with Crippen molar-refractivity contribution in [2.45, 2.75) is 13.5 Å². The second-order valence-electron chi connectivity index (χ2n) is 7.18. The van der Waals surface area contributed by atoms with Crippen molar-refractivity contribution in [1.29, 1.82) is 0 Å². The standard InChI is InChI=1S/C25H20FN3O/c1-2-30-20-11-12-23-21(14-20)25-22(24(27-28-25)18-8-4-3-5-9-18)16-29(23)15-17-7-6-10-19(26)13-17/h3-14,16H,2,15H2,1H3. The van der Waals surface area contributed by atoms with Gasteiger partial charge < -0.3 is 9.30 Å². The Hall–Kier alpha value is -3.73. The maximum atomic E-state index is 13.8. The molecule has 0 aliphatic carbocycles. The molecule has 0 saturated carbocycles. The normalized spacial score (nSPS) is 11.3. The van der Waals surface area contributed by atoms with Crippen LogP contribution in [0.25, 0.3) is 33.4 Å². The molecular formula is C25H20FN3O. The fraction of sp³-hybridized carbons (Fsp3) is 0.120. The molecule has 0 radical (unpaired) electrons. The van der Waals surface area contributed by atoms with E-state index in [-0.39, 0.29) is 5.82 Å². The van der Waals surface area contributed by atoms with E-state index in [0.29, 0.717) is 13.2 Å². The second kappa shape index (κ2) is 7.59. The van der Waals surface area contributed by atoms with E-state index in [2.05, 4.69) is 21.0 Å². The highest BCUT2D eigenvalue weighted by molar-refractivity contribution is 5.98. The molecule has 0 N–H and O–H groups in total. The van der Waals surface area contributed by atoms with Gasteiger partial charge in [0.05, 0.1) is 12.1 Å². The van der Waals surface area contributed by atoms with Crippen molar-refractivity contribution in [2.24, 2.45) is 0 Å². The molecule has 3 aromatic rings. The zero-order valence-corrected chi connectivity index (χ0v) is 16.5. The molecule has 3 aromatic carbocycles. The zero-order valence-electron chi connectivity index (χ0n) is 16.5. The van der Waals surface area contributed by atoms with Crippen molar-refractivity contribution in [2.75, 3.05) is 6.61 Å². The number of ether oxygens (including phenoxy) is 1. The first-order valence-corrected chi connectivity index (χ1v) is 9.95. The first-order valence-electron chi connectivity index (χ1n) is 9.95. The van der Waals surface area contributed by atoms with Crippen LogP contribution in [-0.4, -0.2) is 21.4 Å². The SMILES string of the molecule is CCOc1ccc2c(c1)c1nnc(-c3ccccc3)c-1cn2Cc1cccc(F)c1. The summed E-state index contributed by atoms with van der Waals surface area (Å²) in [5.41, 5.74) is 5.53. The summed E-state index contributed by atoms with van der Waals surface area (Å²) >= 11 is 0. The summed E-state index contributed by atoms with van der Waals surface area (Å²) in [6.45, 7) is 3.09. The van der Waals surface area contributed by atoms with Gasteiger partial charge in [0.25, 0.3) is 0 Å². The number of aromatic nitrogens is 3. The Balaban J connectivity index is 1.73. The molecule has 0 fully saturated rings. The molecule has 0 aromatic heterocycles. The quantitative estimate of drug-likeness (QED) is 0.377. The molecule has 5 rings (SSSR count). The highest BCUT2D eigenvalue weighted by Gasteiger charge is 2.20. The van der Waals surface area contributed by atoms with Crippen molar-refractivity contribution < 1.29 is 9.13 Å². The molecule has 0 bridgehead atoms. The lowest BCUT2D eigenvalue weighted by Gasteiger charge is -2.16. The average molecular weight is 397 g/mol. The third-order valence-corrected chi connectivity index (χ3v) is 5.18. The number of benzene rings is 3. The lowest BCUT2D eigenvalue weighted by Crippen LogP contribution is -2.05. The Labute approximate surface area is 173 Å². The van der Waals surface area contributed by atoms with Gasteiger partial charge in [-0.2, -0.15) is 0 Å². The van der Waals surface area contributed by atoms with Crippen molar-refractivity contribution >= 4 is 10.9 Å². The van der Waals surface area contributed by atoms with Crippen LogP contribution in [0.2, 0.25) is 0 Å². The third kappa shape index (κ3) is 3.28. The summed E-state index contributed by atoms with van der Waals surface area (Å²) in [4.78, 5) is 0. The van der Waals surface area contributed by atoms with Gasteiger partial charge in [-0.05, 0) is 42.8 Å². The number of hydrogen-bond donors (Lipinski definition) is 0. The van der Waals surface area contributed by atoms with E-state index in [1.54, 1.807) is 12.1 Å². The summed E-state index contributed by atoms with van der Waals surface area (Å²) in [5, 5.41) is 9.96. The van der Waals surface area contributed by atoms with Gasteiger partial charge in [0, 0.05) is 29.3 Å². The zero-order chi connectivity index (χ0) is 20.5. The van der Waals surface area contributed by atoms with Gasteiger partial charge >= 0.3 is 0 Å². The largest absolute Gasteiger partial charge is 0.494 e. The molecule has 30 heavy (non-hydrogen) atoms. The van der Waals surface area contributed by atoms with Gasteiger partial charge in [-0.25, -0.2) is 4.39 Å². The molecule has 5 heteroatoms. The lowest BCUT2D eigenvalue weighted by atomic mass is 10.0. The number of rotatable bonds is 5. The third-order valence-electron chi connectivity index (χ3n) is 5.18. The number of hydrogen-bond acceptors (Lipinski definition) is 3. The topological polar surface area (TPSA) is 39.9 Å². The van der Waals surface area contributed by atoms with Crippen LogP contribution in [0.3, 0.4) is 0 Å². The van der Waals surface area contributed by atoms with Crippen molar-refractivity contribution in [3.63, 3.8) is 0 Å². The maximum absolute atomic E-state index is 13.8. The van der Waals surface area contributed by atoms with Gasteiger partial charge in [-0.3, -0.25) is 0 Å². The van der Waals surface area contributed by atoms with E-state index >= 15 is 0 Å². The van der Waals surface area contributed by atoms with Gasteiger partial charge in [0.15, 0.2) is 0 Å². The van der Waals surface area contributed by atoms with Crippen LogP contribution in [0.1, 0.15) is 12.5 Å². The molecule has 0 amide bonds. The first kappa shape index (κ1) is 18.3. The molecule has 2 aliphatic heterocycles. The van der Waals surface area contributed by atoms with Crippen LogP contribution in [0.15, 0.2) is 79.0 Å². The van der Waals surface area contributed by atoms with Crippen LogP contribution >= 0.6 is 0 Å². The molecule has 4 nitrogen and oxygen atoms in total. The Bertz CT molecular complexity index is 1300. The maximum Gasteiger partial charge on any atom is 0.123 e. The van der Waals surface area contributed by atoms with Crippen molar-refractivity contribution in [3.8, 4) is 28.3 Å². The predicted octanol–water partition coefficient (Wildman–Crippen LogP) is 5.79. The van der Waals surface area contributed by atoms with Crippen molar-refractivity contribution in [3.05, 3.63) is 90.4 Å². The number of pyridine rings is 1. The highest BCUT2D eigenvalue weighted by Crippen LogP contribution is 2.37. The first-order chi connectivity index (χ1) is 14.7. The van der Waals surface area contributed by atoms with Crippen LogP contribution in [0, 0.1) is 5.82 Å². The van der Waals surface area contributed by atoms with Crippen molar-refractivity contribution in [1.82, 2.24) is 14.8 Å². The average Bonchev–Trinajstić information content (AvgIpc) is 3.19. The fourth-order valence-electron chi connectivity index (χ4n) is 3.85. The van der Waals surface area contributed by atoms with Crippen LogP contribution in [0.5, 0.6) is 5.75 Å². The molecule has 148 valence electrons. The minimum Gasteiger partial charge on any atom is -0.494 e. The second-order valence-corrected chi connectivity index (χ2v) is 7.18. The molecule has 2 heterocycles. The Morgan fingerprint density at radius 1 is 0.900 bits per heavy atom. The number of nitrogens with zero attached hydrogens (tertiary/aromatic N) is 3. The molecule has 0 unspecified atom stereocenters. The highest BCUT2D eigenvalue weighted by atomic mass is 19.1. The van der Waals surface area contributed by atoms with E-state index in [4.69, 9.17) is 4.74 Å². The summed E-state index contributed by atoms with van der Waals surface area (Å²) in [5.74, 6) is 0.554. The summed E-state index contributed by atoms with van der Waals surface area (Å²) in [7, 11) is 0. The molecule has 0 saturated heterocycles. The van der Waals surface area contributed by atoms with E-state index in [1.165, 1.54) is 6.07 Å².